The first-order chi connectivity index (χ1) is 23.5. The third-order valence-corrected chi connectivity index (χ3v) is 13.2. The van der Waals surface area contributed by atoms with Crippen LogP contribution >= 0.6 is 0 Å². The molecule has 1 N–H and O–H groups in total. The van der Waals surface area contributed by atoms with Crippen molar-refractivity contribution in [1.82, 2.24) is 23.4 Å². The maximum atomic E-state index is 15.2. The first kappa shape index (κ1) is 35.0. The molecule has 10 nitrogen and oxygen atoms in total. The second kappa shape index (κ2) is 12.4. The Bertz CT molecular complexity index is 1950. The number of nitrogens with zero attached hydrogens (tertiary/aromatic N) is 4. The van der Waals surface area contributed by atoms with E-state index in [1.165, 1.54) is 26.1 Å². The van der Waals surface area contributed by atoms with Crippen molar-refractivity contribution in [2.24, 2.45) is 16.2 Å². The van der Waals surface area contributed by atoms with Crippen molar-refractivity contribution in [2.75, 3.05) is 54.4 Å². The van der Waals surface area contributed by atoms with Crippen molar-refractivity contribution in [1.29, 1.82) is 0 Å². The second-order valence-corrected chi connectivity index (χ2v) is 18.9. The van der Waals surface area contributed by atoms with Crippen LogP contribution in [-0.2, 0) is 28.0 Å². The first-order valence-corrected chi connectivity index (χ1v) is 19.5. The van der Waals surface area contributed by atoms with E-state index in [1.807, 2.05) is 18.2 Å². The van der Waals surface area contributed by atoms with Crippen LogP contribution in [0, 0.1) is 16.2 Å². The highest BCUT2D eigenvalue weighted by molar-refractivity contribution is 7.87. The van der Waals surface area contributed by atoms with Crippen LogP contribution in [0.3, 0.4) is 0 Å². The fraction of sp³-hybridized carbons (Fsp3) is 0.590. The Kier molecular flexibility index (Phi) is 8.66. The number of hydrogen-bond acceptors (Lipinski definition) is 6. The summed E-state index contributed by atoms with van der Waals surface area (Å²) in [6.45, 7) is 10.6. The Labute approximate surface area is 297 Å². The van der Waals surface area contributed by atoms with E-state index in [2.05, 4.69) is 59.0 Å². The molecule has 3 unspecified atom stereocenters. The van der Waals surface area contributed by atoms with Crippen molar-refractivity contribution in [2.45, 2.75) is 78.2 Å². The third-order valence-electron chi connectivity index (χ3n) is 11.8. The van der Waals surface area contributed by atoms with E-state index in [0.717, 1.165) is 96.1 Å². The quantitative estimate of drug-likeness (QED) is 0.356. The smallest absolute Gasteiger partial charge is 0.303 e. The number of benzene rings is 2. The molecular formula is C39H53N5O5S. The zero-order chi connectivity index (χ0) is 35.8. The molecule has 4 aliphatic rings. The Morgan fingerprint density at radius 3 is 2.24 bits per heavy atom. The SMILES string of the molecule is COc1ccc2c(c1)CC(C)(C(=O)N1CC3(C)CN(C)CC(C)(C1)C3)Cn1c-2c(C2CCCCC2)c2ccc(C(=O)NS(=O)(=O)N(C)C)cc21. The average Bonchev–Trinajstić information content (AvgIpc) is 3.27. The summed E-state index contributed by atoms with van der Waals surface area (Å²) in [7, 11) is 2.67. The van der Waals surface area contributed by atoms with Gasteiger partial charge in [0.1, 0.15) is 5.75 Å². The number of likely N-dealkylation sites (tertiary alicyclic amines) is 2. The van der Waals surface area contributed by atoms with Crippen LogP contribution < -0.4 is 9.46 Å². The van der Waals surface area contributed by atoms with E-state index in [9.17, 15) is 13.2 Å². The molecular weight excluding hydrogens is 651 g/mol. The summed E-state index contributed by atoms with van der Waals surface area (Å²) in [5, 5.41) is 1.06. The van der Waals surface area contributed by atoms with Gasteiger partial charge in [-0.25, -0.2) is 4.72 Å². The molecule has 11 heteroatoms. The van der Waals surface area contributed by atoms with Gasteiger partial charge in [-0.2, -0.15) is 12.7 Å². The molecule has 2 bridgehead atoms. The monoisotopic (exact) mass is 703 g/mol. The molecule has 0 radical (unpaired) electrons. The molecule has 1 aromatic heterocycles. The molecule has 2 aromatic carbocycles. The van der Waals surface area contributed by atoms with Gasteiger partial charge in [0.05, 0.1) is 18.2 Å². The number of carbonyl (C=O) groups is 2. The molecule has 3 atom stereocenters. The summed E-state index contributed by atoms with van der Waals surface area (Å²) >= 11 is 0. The van der Waals surface area contributed by atoms with Crippen molar-refractivity contribution in [3.63, 3.8) is 0 Å². The van der Waals surface area contributed by atoms with E-state index in [-0.39, 0.29) is 22.3 Å². The minimum Gasteiger partial charge on any atom is -0.497 e. The lowest BCUT2D eigenvalue weighted by Crippen LogP contribution is -2.64. The zero-order valence-corrected chi connectivity index (χ0v) is 31.6. The number of aromatic nitrogens is 1. The Balaban J connectivity index is 1.41. The number of ether oxygens (including phenoxy) is 1. The largest absolute Gasteiger partial charge is 0.497 e. The summed E-state index contributed by atoms with van der Waals surface area (Å²) in [4.78, 5) is 33.2. The number of piperidine rings is 2. The van der Waals surface area contributed by atoms with E-state index in [1.54, 1.807) is 13.2 Å². The van der Waals surface area contributed by atoms with Crippen LogP contribution in [0.2, 0.25) is 0 Å². The van der Waals surface area contributed by atoms with E-state index in [4.69, 9.17) is 4.74 Å². The van der Waals surface area contributed by atoms with E-state index < -0.39 is 21.5 Å². The zero-order valence-electron chi connectivity index (χ0n) is 30.8. The lowest BCUT2D eigenvalue weighted by Gasteiger charge is -2.57. The molecule has 3 fully saturated rings. The lowest BCUT2D eigenvalue weighted by atomic mass is 9.65. The number of rotatable bonds is 6. The molecule has 7 rings (SSSR count). The molecule has 3 aliphatic heterocycles. The fourth-order valence-electron chi connectivity index (χ4n) is 10.3. The topological polar surface area (TPSA) is 104 Å². The van der Waals surface area contributed by atoms with Crippen LogP contribution in [0.25, 0.3) is 22.2 Å². The standard InChI is InChI=1S/C39H53N5O5S/c1-37-20-38(2,22-42(6)21-37)24-43(23-37)36(46)39(3)19-28-17-29(49-7)14-16-30(28)34-33(26-11-9-8-10-12-26)31-15-13-27(18-32(31)44(34)25-39)35(45)40-50(47,48)41(4)5/h13-18,26H,8-12,19-25H2,1-7H3,(H,40,45). The maximum absolute atomic E-state index is 15.2. The minimum atomic E-state index is -3.98. The first-order valence-electron chi connectivity index (χ1n) is 18.1. The number of hydrogen-bond donors (Lipinski definition) is 1. The highest BCUT2D eigenvalue weighted by atomic mass is 32.2. The van der Waals surface area contributed by atoms with Crippen molar-refractivity contribution in [3.05, 3.63) is 53.1 Å². The molecule has 3 aromatic rings. The molecule has 1 saturated carbocycles. The second-order valence-electron chi connectivity index (χ2n) is 17.0. The molecule has 4 heterocycles. The summed E-state index contributed by atoms with van der Waals surface area (Å²) < 4.78 is 36.5. The van der Waals surface area contributed by atoms with Crippen LogP contribution in [0.4, 0.5) is 0 Å². The van der Waals surface area contributed by atoms with Crippen LogP contribution in [0.5, 0.6) is 5.75 Å². The predicted octanol–water partition coefficient (Wildman–Crippen LogP) is 5.65. The van der Waals surface area contributed by atoms with Crippen molar-refractivity contribution < 1.29 is 22.7 Å². The Hall–Kier alpha value is -3.41. The predicted molar refractivity (Wildman–Crippen MR) is 197 cm³/mol. The van der Waals surface area contributed by atoms with Gasteiger partial charge in [0, 0.05) is 68.8 Å². The third kappa shape index (κ3) is 6.13. The highest BCUT2D eigenvalue weighted by Crippen LogP contribution is 2.51. The summed E-state index contributed by atoms with van der Waals surface area (Å²) in [5.74, 6) is 0.579. The van der Waals surface area contributed by atoms with Gasteiger partial charge in [-0.15, -0.1) is 0 Å². The average molecular weight is 704 g/mol. The number of nitrogens with one attached hydrogen (secondary N) is 1. The molecule has 2 saturated heterocycles. The summed E-state index contributed by atoms with van der Waals surface area (Å²) in [6.07, 6.45) is 7.36. The van der Waals surface area contributed by atoms with Crippen LogP contribution in [0.15, 0.2) is 36.4 Å². The van der Waals surface area contributed by atoms with Crippen LogP contribution in [-0.4, -0.2) is 93.3 Å². The van der Waals surface area contributed by atoms with Gasteiger partial charge >= 0.3 is 10.2 Å². The lowest BCUT2D eigenvalue weighted by molar-refractivity contribution is -0.154. The van der Waals surface area contributed by atoms with Gasteiger partial charge in [0.25, 0.3) is 5.91 Å². The Morgan fingerprint density at radius 1 is 0.920 bits per heavy atom. The minimum absolute atomic E-state index is 0.0203. The summed E-state index contributed by atoms with van der Waals surface area (Å²) in [6, 6.07) is 11.8. The highest BCUT2D eigenvalue weighted by Gasteiger charge is 2.51. The van der Waals surface area contributed by atoms with Gasteiger partial charge < -0.3 is 19.1 Å². The van der Waals surface area contributed by atoms with Gasteiger partial charge in [0.2, 0.25) is 5.91 Å². The number of methoxy groups -OCH3 is 1. The number of carbonyl (C=O) groups excluding carboxylic acids is 2. The van der Waals surface area contributed by atoms with E-state index in [0.29, 0.717) is 18.9 Å². The summed E-state index contributed by atoms with van der Waals surface area (Å²) in [5.41, 5.74) is 4.92. The fourth-order valence-corrected chi connectivity index (χ4v) is 10.8. The van der Waals surface area contributed by atoms with Crippen LogP contribution in [0.1, 0.15) is 86.7 Å². The van der Waals surface area contributed by atoms with Gasteiger partial charge in [-0.1, -0.05) is 39.2 Å². The van der Waals surface area contributed by atoms with Gasteiger partial charge in [0.15, 0.2) is 0 Å². The maximum Gasteiger partial charge on any atom is 0.303 e. The van der Waals surface area contributed by atoms with Gasteiger partial charge in [-0.05, 0) is 97.9 Å². The number of amides is 2. The molecule has 0 spiro atoms. The van der Waals surface area contributed by atoms with E-state index >= 15 is 4.79 Å². The molecule has 1 aliphatic carbocycles. The normalized spacial score (nSPS) is 27.5. The Morgan fingerprint density at radius 2 is 1.60 bits per heavy atom. The molecule has 270 valence electrons. The van der Waals surface area contributed by atoms with Crippen molar-refractivity contribution in [3.8, 4) is 17.0 Å². The van der Waals surface area contributed by atoms with Crippen molar-refractivity contribution >= 4 is 32.9 Å². The molecule has 50 heavy (non-hydrogen) atoms. The molecule has 2 amide bonds. The van der Waals surface area contributed by atoms with Gasteiger partial charge in [-0.3, -0.25) is 9.59 Å². The number of fused-ring (bicyclic) bond motifs is 7.